The number of rotatable bonds is 1. The molecule has 0 aromatic rings. The normalized spacial score (nSPS) is 22.4. The first kappa shape index (κ1) is 5.83. The highest BCUT2D eigenvalue weighted by Gasteiger charge is 2.17. The lowest BCUT2D eigenvalue weighted by molar-refractivity contribution is 0.311. The molecule has 1 aliphatic rings. The first-order valence-electron chi connectivity index (χ1n) is 2.98. The van der Waals surface area contributed by atoms with Gasteiger partial charge in [0, 0.05) is 5.92 Å². The largest absolute Gasteiger partial charge is 0.395 e. The highest BCUT2D eigenvalue weighted by atomic mass is 16.3. The SMILES string of the molecule is C=C1CCC[C]1CO. The smallest absolute Gasteiger partial charge is 0.0533 e. The molecule has 0 atom stereocenters. The second kappa shape index (κ2) is 2.31. The number of hydrogen-bond donors (Lipinski definition) is 1. The molecule has 1 rings (SSSR count). The van der Waals surface area contributed by atoms with Crippen molar-refractivity contribution in [3.63, 3.8) is 0 Å². The van der Waals surface area contributed by atoms with Gasteiger partial charge in [-0.15, -0.1) is 0 Å². The maximum absolute atomic E-state index is 8.64. The summed E-state index contributed by atoms with van der Waals surface area (Å²) in [6.07, 6.45) is 3.35. The van der Waals surface area contributed by atoms with Crippen LogP contribution in [0.4, 0.5) is 0 Å². The average Bonchev–Trinajstić information content (AvgIpc) is 2.14. The topological polar surface area (TPSA) is 20.2 Å². The van der Waals surface area contributed by atoms with Crippen molar-refractivity contribution in [2.45, 2.75) is 19.3 Å². The van der Waals surface area contributed by atoms with Gasteiger partial charge in [0.05, 0.1) is 6.61 Å². The van der Waals surface area contributed by atoms with E-state index >= 15 is 0 Å². The molecule has 0 aromatic carbocycles. The standard InChI is InChI=1S/C7H11O/c1-6-3-2-4-7(6)5-8/h8H,1-5H2. The third kappa shape index (κ3) is 0.920. The minimum atomic E-state index is 0.221. The first-order valence-corrected chi connectivity index (χ1v) is 2.98. The lowest BCUT2D eigenvalue weighted by Gasteiger charge is -2.02. The fourth-order valence-electron chi connectivity index (χ4n) is 1.06. The van der Waals surface area contributed by atoms with E-state index in [1.54, 1.807) is 0 Å². The summed E-state index contributed by atoms with van der Waals surface area (Å²) in [5.41, 5.74) is 1.16. The molecular weight excluding hydrogens is 100 g/mol. The Morgan fingerprint density at radius 3 is 2.50 bits per heavy atom. The molecule has 8 heavy (non-hydrogen) atoms. The molecule has 1 radical (unpaired) electrons. The van der Waals surface area contributed by atoms with Gasteiger partial charge in [-0.2, -0.15) is 0 Å². The average molecular weight is 111 g/mol. The molecule has 0 bridgehead atoms. The molecule has 0 saturated heterocycles. The lowest BCUT2D eigenvalue weighted by Crippen LogP contribution is -1.97. The van der Waals surface area contributed by atoms with Crippen molar-refractivity contribution < 1.29 is 5.11 Å². The highest BCUT2D eigenvalue weighted by Crippen LogP contribution is 2.30. The van der Waals surface area contributed by atoms with Crippen LogP contribution < -0.4 is 0 Å². The zero-order valence-electron chi connectivity index (χ0n) is 4.98. The van der Waals surface area contributed by atoms with E-state index in [1.165, 1.54) is 6.42 Å². The van der Waals surface area contributed by atoms with Gasteiger partial charge in [0.25, 0.3) is 0 Å². The van der Waals surface area contributed by atoms with Crippen molar-refractivity contribution in [1.29, 1.82) is 0 Å². The lowest BCUT2D eigenvalue weighted by atomic mass is 10.1. The molecule has 1 fully saturated rings. The van der Waals surface area contributed by atoms with Crippen LogP contribution in [0.15, 0.2) is 12.2 Å². The zero-order valence-corrected chi connectivity index (χ0v) is 4.98. The van der Waals surface area contributed by atoms with Crippen molar-refractivity contribution in [3.8, 4) is 0 Å². The molecule has 0 heterocycles. The predicted molar refractivity (Wildman–Crippen MR) is 33.3 cm³/mol. The van der Waals surface area contributed by atoms with Crippen molar-refractivity contribution >= 4 is 0 Å². The Morgan fingerprint density at radius 2 is 2.25 bits per heavy atom. The molecule has 0 aliphatic heterocycles. The van der Waals surface area contributed by atoms with Gasteiger partial charge in [-0.25, -0.2) is 0 Å². The van der Waals surface area contributed by atoms with Crippen LogP contribution in [0.5, 0.6) is 0 Å². The van der Waals surface area contributed by atoms with Gasteiger partial charge in [-0.05, 0) is 19.3 Å². The molecule has 45 valence electrons. The predicted octanol–water partition coefficient (Wildman–Crippen LogP) is 1.29. The van der Waals surface area contributed by atoms with Crippen LogP contribution in [0, 0.1) is 5.92 Å². The van der Waals surface area contributed by atoms with E-state index in [9.17, 15) is 0 Å². The van der Waals surface area contributed by atoms with E-state index in [2.05, 4.69) is 6.58 Å². The monoisotopic (exact) mass is 111 g/mol. The van der Waals surface area contributed by atoms with Gasteiger partial charge >= 0.3 is 0 Å². The molecular formula is C7H11O. The molecule has 1 N–H and O–H groups in total. The van der Waals surface area contributed by atoms with Crippen molar-refractivity contribution in [3.05, 3.63) is 18.1 Å². The van der Waals surface area contributed by atoms with Crippen molar-refractivity contribution in [2.75, 3.05) is 6.61 Å². The first-order chi connectivity index (χ1) is 3.84. The van der Waals surface area contributed by atoms with E-state index < -0.39 is 0 Å². The van der Waals surface area contributed by atoms with Gasteiger partial charge in [0.15, 0.2) is 0 Å². The van der Waals surface area contributed by atoms with Crippen LogP contribution in [0.25, 0.3) is 0 Å². The van der Waals surface area contributed by atoms with E-state index in [-0.39, 0.29) is 6.61 Å². The minimum Gasteiger partial charge on any atom is -0.395 e. The van der Waals surface area contributed by atoms with E-state index in [4.69, 9.17) is 5.11 Å². The zero-order chi connectivity index (χ0) is 5.98. The fraction of sp³-hybridized carbons (Fsp3) is 0.571. The third-order valence-electron chi connectivity index (χ3n) is 1.65. The van der Waals surface area contributed by atoms with E-state index in [0.717, 1.165) is 24.3 Å². The number of aliphatic hydroxyl groups is 1. The summed E-state index contributed by atoms with van der Waals surface area (Å²) in [4.78, 5) is 0. The Balaban J connectivity index is 2.42. The maximum atomic E-state index is 8.64. The summed E-state index contributed by atoms with van der Waals surface area (Å²) in [5.74, 6) is 1.16. The molecule has 0 spiro atoms. The molecule has 0 unspecified atom stereocenters. The highest BCUT2D eigenvalue weighted by molar-refractivity contribution is 5.25. The number of hydrogen-bond acceptors (Lipinski definition) is 1. The van der Waals surface area contributed by atoms with Gasteiger partial charge in [0.1, 0.15) is 0 Å². The van der Waals surface area contributed by atoms with Gasteiger partial charge < -0.3 is 5.11 Å². The summed E-state index contributed by atoms with van der Waals surface area (Å²) in [6.45, 7) is 4.03. The van der Waals surface area contributed by atoms with Crippen LogP contribution in [0.1, 0.15) is 19.3 Å². The number of aliphatic hydroxyl groups excluding tert-OH is 1. The van der Waals surface area contributed by atoms with Gasteiger partial charge in [-0.1, -0.05) is 12.2 Å². The molecule has 1 saturated carbocycles. The van der Waals surface area contributed by atoms with Gasteiger partial charge in [-0.3, -0.25) is 0 Å². The van der Waals surface area contributed by atoms with E-state index in [1.807, 2.05) is 0 Å². The quantitative estimate of drug-likeness (QED) is 0.540. The Hall–Kier alpha value is -0.300. The second-order valence-electron chi connectivity index (χ2n) is 2.22. The molecule has 1 nitrogen and oxygen atoms in total. The van der Waals surface area contributed by atoms with Gasteiger partial charge in [0.2, 0.25) is 0 Å². The summed E-state index contributed by atoms with van der Waals surface area (Å²) in [6, 6.07) is 0. The molecule has 0 amide bonds. The summed E-state index contributed by atoms with van der Waals surface area (Å²) in [7, 11) is 0. The van der Waals surface area contributed by atoms with E-state index in [0.29, 0.717) is 0 Å². The van der Waals surface area contributed by atoms with Crippen molar-refractivity contribution in [1.82, 2.24) is 0 Å². The Labute approximate surface area is 50.0 Å². The summed E-state index contributed by atoms with van der Waals surface area (Å²) >= 11 is 0. The Morgan fingerprint density at radius 1 is 1.50 bits per heavy atom. The molecule has 1 heteroatoms. The van der Waals surface area contributed by atoms with Crippen LogP contribution in [-0.2, 0) is 0 Å². The second-order valence-corrected chi connectivity index (χ2v) is 2.22. The van der Waals surface area contributed by atoms with Crippen LogP contribution >= 0.6 is 0 Å². The Bertz CT molecular complexity index is 96.6. The fourth-order valence-corrected chi connectivity index (χ4v) is 1.06. The van der Waals surface area contributed by atoms with Crippen LogP contribution in [-0.4, -0.2) is 11.7 Å². The van der Waals surface area contributed by atoms with Crippen molar-refractivity contribution in [2.24, 2.45) is 0 Å². The summed E-state index contributed by atoms with van der Waals surface area (Å²) < 4.78 is 0. The van der Waals surface area contributed by atoms with Crippen LogP contribution in [0.2, 0.25) is 0 Å². The molecule has 0 aromatic heterocycles. The Kier molecular flexibility index (Phi) is 1.69. The maximum Gasteiger partial charge on any atom is 0.0533 e. The van der Waals surface area contributed by atoms with Crippen LogP contribution in [0.3, 0.4) is 0 Å². The third-order valence-corrected chi connectivity index (χ3v) is 1.65. The minimum absolute atomic E-state index is 0.221. The molecule has 1 aliphatic carbocycles. The summed E-state index contributed by atoms with van der Waals surface area (Å²) in [5, 5.41) is 8.64.